The van der Waals surface area contributed by atoms with Crippen LogP contribution in [0.25, 0.3) is 11.3 Å². The van der Waals surface area contributed by atoms with E-state index < -0.39 is 11.2 Å². The van der Waals surface area contributed by atoms with Crippen LogP contribution >= 0.6 is 0 Å². The molecule has 0 fully saturated rings. The summed E-state index contributed by atoms with van der Waals surface area (Å²) in [5, 5.41) is 32.1. The normalized spacial score (nSPS) is 13.8. The summed E-state index contributed by atoms with van der Waals surface area (Å²) < 4.78 is 6.65. The predicted octanol–water partition coefficient (Wildman–Crippen LogP) is 2.32. The number of anilines is 2. The molecule has 0 spiro atoms. The van der Waals surface area contributed by atoms with Crippen LogP contribution in [0.4, 0.5) is 11.6 Å². The maximum atomic E-state index is 10.5. The number of methoxy groups -OCH3 is 1. The highest BCUT2D eigenvalue weighted by Crippen LogP contribution is 2.26. The molecule has 0 aliphatic carbocycles. The summed E-state index contributed by atoms with van der Waals surface area (Å²) in [5.41, 5.74) is 0.675. The third kappa shape index (κ3) is 4.87. The Morgan fingerprint density at radius 3 is 2.62 bits per heavy atom. The number of rotatable bonds is 7. The van der Waals surface area contributed by atoms with Gasteiger partial charge in [-0.25, -0.2) is 9.67 Å². The van der Waals surface area contributed by atoms with E-state index in [0.29, 0.717) is 17.5 Å². The molecule has 2 heterocycles. The second-order valence-electron chi connectivity index (χ2n) is 7.77. The average Bonchev–Trinajstić information content (AvgIpc) is 3.08. The Bertz CT molecular complexity index is 994. The Hall–Kier alpha value is -3.04. The van der Waals surface area contributed by atoms with Gasteiger partial charge in [0.1, 0.15) is 11.3 Å². The second-order valence-corrected chi connectivity index (χ2v) is 7.77. The van der Waals surface area contributed by atoms with Crippen molar-refractivity contribution < 1.29 is 14.9 Å². The standard InChI is InChI=1S/C20H26N6O3/c1-13-8-14(10-15(9-13)22-18-21-7-6-17(23-18)29-5)16-11-26(25-24-16)12-20(4,28)19(2,3)27/h6-11,27-28H,12H2,1-5H3,(H,21,22,23)/t20-/m1/s1. The molecule has 9 heteroatoms. The zero-order valence-electron chi connectivity index (χ0n) is 17.2. The predicted molar refractivity (Wildman–Crippen MR) is 109 cm³/mol. The van der Waals surface area contributed by atoms with E-state index in [4.69, 9.17) is 4.74 Å². The van der Waals surface area contributed by atoms with Gasteiger partial charge < -0.3 is 20.3 Å². The first kappa shape index (κ1) is 20.7. The van der Waals surface area contributed by atoms with E-state index in [0.717, 1.165) is 16.8 Å². The SMILES string of the molecule is COc1ccnc(Nc2cc(C)cc(-c3cn(C[C@@](C)(O)C(C)(C)O)nn3)c2)n1. The average molecular weight is 398 g/mol. The number of hydrogen-bond acceptors (Lipinski definition) is 8. The van der Waals surface area contributed by atoms with Crippen molar-refractivity contribution in [2.45, 2.75) is 45.4 Å². The van der Waals surface area contributed by atoms with Gasteiger partial charge in [-0.2, -0.15) is 4.98 Å². The van der Waals surface area contributed by atoms with Crippen molar-refractivity contribution >= 4 is 11.6 Å². The van der Waals surface area contributed by atoms with E-state index in [2.05, 4.69) is 25.6 Å². The highest BCUT2D eigenvalue weighted by molar-refractivity contribution is 5.68. The molecule has 3 rings (SSSR count). The molecule has 0 aliphatic heterocycles. The monoisotopic (exact) mass is 398 g/mol. The number of aromatic nitrogens is 5. The van der Waals surface area contributed by atoms with Gasteiger partial charge in [-0.3, -0.25) is 0 Å². The number of aliphatic hydroxyl groups is 2. The summed E-state index contributed by atoms with van der Waals surface area (Å²) in [7, 11) is 1.55. The van der Waals surface area contributed by atoms with Crippen LogP contribution in [0.2, 0.25) is 0 Å². The van der Waals surface area contributed by atoms with Crippen LogP contribution in [-0.4, -0.2) is 53.5 Å². The van der Waals surface area contributed by atoms with Gasteiger partial charge in [-0.05, 0) is 51.5 Å². The molecular weight excluding hydrogens is 372 g/mol. The molecule has 0 saturated carbocycles. The minimum atomic E-state index is -1.36. The van der Waals surface area contributed by atoms with E-state index in [9.17, 15) is 10.2 Å². The first-order chi connectivity index (χ1) is 13.6. The fourth-order valence-corrected chi connectivity index (χ4v) is 2.67. The van der Waals surface area contributed by atoms with Crippen molar-refractivity contribution in [2.24, 2.45) is 0 Å². The lowest BCUT2D eigenvalue weighted by atomic mass is 9.88. The number of hydrogen-bond donors (Lipinski definition) is 3. The molecule has 0 aliphatic rings. The number of benzene rings is 1. The number of nitrogens with zero attached hydrogens (tertiary/aromatic N) is 5. The van der Waals surface area contributed by atoms with Gasteiger partial charge in [-0.15, -0.1) is 5.10 Å². The molecule has 2 aromatic heterocycles. The zero-order chi connectivity index (χ0) is 21.2. The lowest BCUT2D eigenvalue weighted by Gasteiger charge is -2.35. The maximum Gasteiger partial charge on any atom is 0.230 e. The van der Waals surface area contributed by atoms with Crippen LogP contribution < -0.4 is 10.1 Å². The van der Waals surface area contributed by atoms with Gasteiger partial charge in [0.05, 0.1) is 25.5 Å². The minimum Gasteiger partial charge on any atom is -0.481 e. The molecule has 3 N–H and O–H groups in total. The number of ether oxygens (including phenoxy) is 1. The Morgan fingerprint density at radius 2 is 1.93 bits per heavy atom. The fourth-order valence-electron chi connectivity index (χ4n) is 2.67. The lowest BCUT2D eigenvalue weighted by molar-refractivity contribution is -0.129. The number of aryl methyl sites for hydroxylation is 1. The molecule has 0 unspecified atom stereocenters. The molecule has 1 atom stereocenters. The number of nitrogens with one attached hydrogen (secondary N) is 1. The van der Waals surface area contributed by atoms with E-state index in [1.807, 2.05) is 25.1 Å². The van der Waals surface area contributed by atoms with Gasteiger partial charge in [0.15, 0.2) is 0 Å². The quantitative estimate of drug-likeness (QED) is 0.555. The summed E-state index contributed by atoms with van der Waals surface area (Å²) in [6, 6.07) is 7.54. The summed E-state index contributed by atoms with van der Waals surface area (Å²) >= 11 is 0. The van der Waals surface area contributed by atoms with Crippen molar-refractivity contribution in [1.29, 1.82) is 0 Å². The second kappa shape index (κ2) is 7.76. The highest BCUT2D eigenvalue weighted by Gasteiger charge is 2.38. The van der Waals surface area contributed by atoms with Crippen LogP contribution in [-0.2, 0) is 6.54 Å². The van der Waals surface area contributed by atoms with Crippen LogP contribution in [0.3, 0.4) is 0 Å². The van der Waals surface area contributed by atoms with Gasteiger partial charge in [0.25, 0.3) is 0 Å². The zero-order valence-corrected chi connectivity index (χ0v) is 17.2. The van der Waals surface area contributed by atoms with Crippen molar-refractivity contribution in [3.05, 3.63) is 42.2 Å². The van der Waals surface area contributed by atoms with Crippen LogP contribution in [0.15, 0.2) is 36.7 Å². The van der Waals surface area contributed by atoms with Crippen molar-refractivity contribution in [3.8, 4) is 17.1 Å². The van der Waals surface area contributed by atoms with Crippen molar-refractivity contribution in [2.75, 3.05) is 12.4 Å². The summed E-state index contributed by atoms with van der Waals surface area (Å²) in [6.45, 7) is 6.77. The Morgan fingerprint density at radius 1 is 1.17 bits per heavy atom. The lowest BCUT2D eigenvalue weighted by Crippen LogP contribution is -2.50. The molecule has 0 saturated heterocycles. The minimum absolute atomic E-state index is 0.109. The molecule has 0 amide bonds. The molecule has 29 heavy (non-hydrogen) atoms. The third-order valence-corrected chi connectivity index (χ3v) is 4.79. The Kier molecular flexibility index (Phi) is 5.54. The van der Waals surface area contributed by atoms with Gasteiger partial charge >= 0.3 is 0 Å². The summed E-state index contributed by atoms with van der Waals surface area (Å²) in [6.07, 6.45) is 3.35. The largest absolute Gasteiger partial charge is 0.481 e. The molecule has 0 bridgehead atoms. The maximum absolute atomic E-state index is 10.5. The molecular formula is C20H26N6O3. The molecule has 3 aromatic rings. The van der Waals surface area contributed by atoms with Gasteiger partial charge in [0.2, 0.25) is 11.8 Å². The van der Waals surface area contributed by atoms with Crippen molar-refractivity contribution in [3.63, 3.8) is 0 Å². The molecule has 0 radical (unpaired) electrons. The van der Waals surface area contributed by atoms with Crippen LogP contribution in [0.5, 0.6) is 5.88 Å². The van der Waals surface area contributed by atoms with E-state index in [-0.39, 0.29) is 6.54 Å². The Labute approximate surface area is 169 Å². The first-order valence-electron chi connectivity index (χ1n) is 9.18. The van der Waals surface area contributed by atoms with Crippen LogP contribution in [0.1, 0.15) is 26.3 Å². The molecule has 9 nitrogen and oxygen atoms in total. The molecule has 1 aromatic carbocycles. The summed E-state index contributed by atoms with van der Waals surface area (Å²) in [5.74, 6) is 0.892. The highest BCUT2D eigenvalue weighted by atomic mass is 16.5. The van der Waals surface area contributed by atoms with Crippen LogP contribution in [0, 0.1) is 6.92 Å². The van der Waals surface area contributed by atoms with E-state index in [1.54, 1.807) is 46.3 Å². The van der Waals surface area contributed by atoms with Gasteiger partial charge in [0, 0.05) is 23.5 Å². The Balaban J connectivity index is 1.84. The third-order valence-electron chi connectivity index (χ3n) is 4.79. The first-order valence-corrected chi connectivity index (χ1v) is 9.18. The smallest absolute Gasteiger partial charge is 0.230 e. The van der Waals surface area contributed by atoms with Gasteiger partial charge in [-0.1, -0.05) is 5.21 Å². The van der Waals surface area contributed by atoms with E-state index in [1.165, 1.54) is 4.68 Å². The topological polar surface area (TPSA) is 118 Å². The van der Waals surface area contributed by atoms with Crippen molar-refractivity contribution in [1.82, 2.24) is 25.0 Å². The summed E-state index contributed by atoms with van der Waals surface area (Å²) in [4.78, 5) is 8.45. The van der Waals surface area contributed by atoms with E-state index >= 15 is 0 Å². The fraction of sp³-hybridized carbons (Fsp3) is 0.400. The molecule has 154 valence electrons.